The van der Waals surface area contributed by atoms with E-state index < -0.39 is 10.0 Å². The predicted molar refractivity (Wildman–Crippen MR) is 112 cm³/mol. The van der Waals surface area contributed by atoms with E-state index in [0.717, 1.165) is 17.1 Å². The molecule has 0 radical (unpaired) electrons. The SMILES string of the molecule is CCc1nc(CN(C)CC(=O)Nc2cccc(S(=O)(=O)N3CCOCC3)c2)cs1. The molecule has 0 saturated carbocycles. The zero-order chi connectivity index (χ0) is 20.9. The maximum atomic E-state index is 12.8. The van der Waals surface area contributed by atoms with Crippen LogP contribution in [0.15, 0.2) is 34.5 Å². The predicted octanol–water partition coefficient (Wildman–Crippen LogP) is 1.80. The zero-order valence-electron chi connectivity index (χ0n) is 16.6. The van der Waals surface area contributed by atoms with Gasteiger partial charge in [-0.2, -0.15) is 4.31 Å². The molecule has 2 heterocycles. The van der Waals surface area contributed by atoms with E-state index in [0.29, 0.717) is 38.5 Å². The molecule has 0 unspecified atom stereocenters. The van der Waals surface area contributed by atoms with Gasteiger partial charge in [-0.05, 0) is 31.7 Å². The van der Waals surface area contributed by atoms with E-state index in [-0.39, 0.29) is 17.3 Å². The Morgan fingerprint density at radius 1 is 1.34 bits per heavy atom. The van der Waals surface area contributed by atoms with Crippen LogP contribution in [0.4, 0.5) is 5.69 Å². The molecule has 1 amide bonds. The quantitative estimate of drug-likeness (QED) is 0.676. The Labute approximate surface area is 175 Å². The number of nitrogens with one attached hydrogen (secondary N) is 1. The zero-order valence-corrected chi connectivity index (χ0v) is 18.3. The molecular weight excluding hydrogens is 412 g/mol. The second-order valence-corrected chi connectivity index (χ2v) is 9.73. The molecule has 1 aromatic heterocycles. The van der Waals surface area contributed by atoms with Crippen molar-refractivity contribution < 1.29 is 17.9 Å². The van der Waals surface area contributed by atoms with Crippen LogP contribution in [0.25, 0.3) is 0 Å². The number of morpholine rings is 1. The number of rotatable bonds is 8. The average Bonchev–Trinajstić information content (AvgIpc) is 3.16. The number of hydrogen-bond acceptors (Lipinski definition) is 7. The number of anilines is 1. The fourth-order valence-electron chi connectivity index (χ4n) is 3.03. The topological polar surface area (TPSA) is 91.8 Å². The highest BCUT2D eigenvalue weighted by Crippen LogP contribution is 2.20. The fourth-order valence-corrected chi connectivity index (χ4v) is 5.22. The van der Waals surface area contributed by atoms with Gasteiger partial charge in [-0.3, -0.25) is 9.69 Å². The van der Waals surface area contributed by atoms with Crippen LogP contribution in [-0.2, 0) is 32.5 Å². The van der Waals surface area contributed by atoms with Gasteiger partial charge >= 0.3 is 0 Å². The Balaban J connectivity index is 1.59. The van der Waals surface area contributed by atoms with E-state index in [1.54, 1.807) is 29.5 Å². The monoisotopic (exact) mass is 438 g/mol. The summed E-state index contributed by atoms with van der Waals surface area (Å²) in [5.74, 6) is -0.209. The average molecular weight is 439 g/mol. The highest BCUT2D eigenvalue weighted by molar-refractivity contribution is 7.89. The van der Waals surface area contributed by atoms with Gasteiger partial charge in [-0.1, -0.05) is 13.0 Å². The second-order valence-electron chi connectivity index (χ2n) is 6.85. The number of likely N-dealkylation sites (N-methyl/N-ethyl adjacent to an activating group) is 1. The Bertz CT molecular complexity index is 939. The van der Waals surface area contributed by atoms with Crippen LogP contribution in [0.2, 0.25) is 0 Å². The van der Waals surface area contributed by atoms with Crippen LogP contribution in [-0.4, -0.2) is 68.4 Å². The van der Waals surface area contributed by atoms with Crippen LogP contribution >= 0.6 is 11.3 Å². The third-order valence-corrected chi connectivity index (χ3v) is 7.41. The fraction of sp³-hybridized carbons (Fsp3) is 0.474. The lowest BCUT2D eigenvalue weighted by molar-refractivity contribution is -0.117. The summed E-state index contributed by atoms with van der Waals surface area (Å²) < 4.78 is 32.2. The van der Waals surface area contributed by atoms with E-state index in [2.05, 4.69) is 17.2 Å². The lowest BCUT2D eigenvalue weighted by Gasteiger charge is -2.26. The van der Waals surface area contributed by atoms with Crippen LogP contribution in [0, 0.1) is 0 Å². The van der Waals surface area contributed by atoms with E-state index in [9.17, 15) is 13.2 Å². The molecule has 0 aliphatic carbocycles. The highest BCUT2D eigenvalue weighted by Gasteiger charge is 2.26. The molecule has 0 spiro atoms. The maximum absolute atomic E-state index is 12.8. The first-order valence-corrected chi connectivity index (χ1v) is 11.8. The Hall–Kier alpha value is -1.85. The Morgan fingerprint density at radius 2 is 2.10 bits per heavy atom. The van der Waals surface area contributed by atoms with Crippen molar-refractivity contribution in [3.05, 3.63) is 40.3 Å². The molecule has 1 fully saturated rings. The van der Waals surface area contributed by atoms with Gasteiger partial charge in [0.25, 0.3) is 0 Å². The minimum Gasteiger partial charge on any atom is -0.379 e. The Kier molecular flexibility index (Phi) is 7.36. The molecule has 10 heteroatoms. The molecule has 1 N–H and O–H groups in total. The van der Waals surface area contributed by atoms with Gasteiger partial charge in [0.1, 0.15) is 0 Å². The molecule has 1 aliphatic heterocycles. The van der Waals surface area contributed by atoms with Gasteiger partial charge in [0.05, 0.1) is 35.4 Å². The largest absolute Gasteiger partial charge is 0.379 e. The van der Waals surface area contributed by atoms with Crippen molar-refractivity contribution in [2.24, 2.45) is 0 Å². The van der Waals surface area contributed by atoms with Crippen LogP contribution in [0.3, 0.4) is 0 Å². The molecule has 3 rings (SSSR count). The number of aryl methyl sites for hydroxylation is 1. The van der Waals surface area contributed by atoms with Gasteiger partial charge in [0.2, 0.25) is 15.9 Å². The molecule has 0 atom stereocenters. The summed E-state index contributed by atoms with van der Waals surface area (Å²) in [5, 5.41) is 5.87. The highest BCUT2D eigenvalue weighted by atomic mass is 32.2. The minimum absolute atomic E-state index is 0.167. The Morgan fingerprint density at radius 3 is 2.79 bits per heavy atom. The number of amides is 1. The van der Waals surface area contributed by atoms with Crippen LogP contribution in [0.5, 0.6) is 0 Å². The van der Waals surface area contributed by atoms with Gasteiger partial charge in [-0.15, -0.1) is 11.3 Å². The number of nitrogens with zero attached hydrogens (tertiary/aromatic N) is 3. The summed E-state index contributed by atoms with van der Waals surface area (Å²) in [6.45, 7) is 4.27. The molecule has 1 aromatic carbocycles. The van der Waals surface area contributed by atoms with Crippen LogP contribution < -0.4 is 5.32 Å². The summed E-state index contributed by atoms with van der Waals surface area (Å²) >= 11 is 1.62. The van der Waals surface area contributed by atoms with Crippen molar-refractivity contribution in [3.8, 4) is 0 Å². The first-order chi connectivity index (χ1) is 13.9. The summed E-state index contributed by atoms with van der Waals surface area (Å²) in [5.41, 5.74) is 1.40. The first-order valence-electron chi connectivity index (χ1n) is 9.48. The number of ether oxygens (including phenoxy) is 1. The number of carbonyl (C=O) groups excluding carboxylic acids is 1. The van der Waals surface area contributed by atoms with Gasteiger partial charge in [-0.25, -0.2) is 13.4 Å². The van der Waals surface area contributed by atoms with Crippen molar-refractivity contribution in [2.75, 3.05) is 45.2 Å². The molecule has 2 aromatic rings. The maximum Gasteiger partial charge on any atom is 0.243 e. The molecular formula is C19H26N4O4S2. The number of carbonyl (C=O) groups is 1. The van der Waals surface area contributed by atoms with Crippen molar-refractivity contribution in [2.45, 2.75) is 24.8 Å². The van der Waals surface area contributed by atoms with E-state index in [1.165, 1.54) is 10.4 Å². The van der Waals surface area contributed by atoms with Crippen LogP contribution in [0.1, 0.15) is 17.6 Å². The summed E-state index contributed by atoms with van der Waals surface area (Å²) in [7, 11) is -1.75. The summed E-state index contributed by atoms with van der Waals surface area (Å²) in [6, 6.07) is 6.36. The molecule has 0 bridgehead atoms. The van der Waals surface area contributed by atoms with Gasteiger partial charge in [0.15, 0.2) is 0 Å². The molecule has 8 nitrogen and oxygen atoms in total. The van der Waals surface area contributed by atoms with Gasteiger partial charge < -0.3 is 10.1 Å². The molecule has 29 heavy (non-hydrogen) atoms. The molecule has 1 saturated heterocycles. The minimum atomic E-state index is -3.60. The smallest absolute Gasteiger partial charge is 0.243 e. The van der Waals surface area contributed by atoms with Crippen molar-refractivity contribution in [1.82, 2.24) is 14.2 Å². The number of aromatic nitrogens is 1. The summed E-state index contributed by atoms with van der Waals surface area (Å²) in [6.07, 6.45) is 0.901. The van der Waals surface area contributed by atoms with Crippen molar-refractivity contribution in [3.63, 3.8) is 0 Å². The first kappa shape index (κ1) is 21.8. The number of hydrogen-bond donors (Lipinski definition) is 1. The number of thiazole rings is 1. The normalized spacial score (nSPS) is 15.6. The second kappa shape index (κ2) is 9.77. The molecule has 1 aliphatic rings. The van der Waals surface area contributed by atoms with E-state index >= 15 is 0 Å². The summed E-state index contributed by atoms with van der Waals surface area (Å²) in [4.78, 5) is 18.9. The molecule has 158 valence electrons. The number of benzene rings is 1. The third kappa shape index (κ3) is 5.83. The van der Waals surface area contributed by atoms with E-state index in [1.807, 2.05) is 17.3 Å². The van der Waals surface area contributed by atoms with Crippen molar-refractivity contribution >= 4 is 33.0 Å². The standard InChI is InChI=1S/C19H26N4O4S2/c1-3-19-21-16(14-28-19)12-22(2)13-18(24)20-15-5-4-6-17(11-15)29(25,26)23-7-9-27-10-8-23/h4-6,11,14H,3,7-10,12-13H2,1-2H3,(H,20,24). The lowest BCUT2D eigenvalue weighted by atomic mass is 10.3. The van der Waals surface area contributed by atoms with Crippen molar-refractivity contribution in [1.29, 1.82) is 0 Å². The van der Waals surface area contributed by atoms with Gasteiger partial charge in [0, 0.05) is 30.7 Å². The number of sulfonamides is 1. The lowest BCUT2D eigenvalue weighted by Crippen LogP contribution is -2.40. The third-order valence-electron chi connectivity index (χ3n) is 4.47. The van der Waals surface area contributed by atoms with E-state index in [4.69, 9.17) is 4.74 Å².